The maximum atomic E-state index is 13.7. The zero-order valence-electron chi connectivity index (χ0n) is 14.5. The van der Waals surface area contributed by atoms with Gasteiger partial charge in [0.2, 0.25) is 0 Å². The van der Waals surface area contributed by atoms with E-state index in [0.717, 1.165) is 11.1 Å². The van der Waals surface area contributed by atoms with Crippen LogP contribution in [0.5, 0.6) is 0 Å². The number of nitrogens with zero attached hydrogens (tertiary/aromatic N) is 4. The monoisotopic (exact) mass is 343 g/mol. The van der Waals surface area contributed by atoms with E-state index in [9.17, 15) is 9.50 Å². The first-order valence-corrected chi connectivity index (χ1v) is 8.04. The fraction of sp³-hybridized carbons (Fsp3) is 0.333. The molecule has 2 atom stereocenters. The van der Waals surface area contributed by atoms with Gasteiger partial charge in [0.15, 0.2) is 0 Å². The molecule has 0 amide bonds. The second kappa shape index (κ2) is 6.78. The lowest BCUT2D eigenvalue weighted by molar-refractivity contribution is 0.0549. The average molecular weight is 343 g/mol. The summed E-state index contributed by atoms with van der Waals surface area (Å²) in [7, 11) is 3.64. The van der Waals surface area contributed by atoms with Crippen LogP contribution in [-0.4, -0.2) is 31.2 Å². The SMILES string of the molecule is Cn1cc(C(NCC(C)(O)c2cnn(C)c2)c2cccc(F)c2)cn1. The molecule has 3 aromatic rings. The van der Waals surface area contributed by atoms with Crippen LogP contribution in [0.4, 0.5) is 4.39 Å². The third-order valence-corrected chi connectivity index (χ3v) is 4.22. The zero-order valence-corrected chi connectivity index (χ0v) is 14.5. The maximum absolute atomic E-state index is 13.7. The third kappa shape index (κ3) is 3.94. The molecule has 0 radical (unpaired) electrons. The predicted molar refractivity (Wildman–Crippen MR) is 92.2 cm³/mol. The minimum Gasteiger partial charge on any atom is -0.384 e. The van der Waals surface area contributed by atoms with E-state index in [-0.39, 0.29) is 18.4 Å². The molecular weight excluding hydrogens is 321 g/mol. The van der Waals surface area contributed by atoms with Gasteiger partial charge in [0, 0.05) is 44.2 Å². The Morgan fingerprint density at radius 2 is 1.88 bits per heavy atom. The van der Waals surface area contributed by atoms with Gasteiger partial charge in [0.05, 0.1) is 18.4 Å². The number of hydrogen-bond acceptors (Lipinski definition) is 4. The van der Waals surface area contributed by atoms with E-state index in [0.29, 0.717) is 5.56 Å². The van der Waals surface area contributed by atoms with Crippen molar-refractivity contribution in [3.63, 3.8) is 0 Å². The van der Waals surface area contributed by atoms with Crippen LogP contribution < -0.4 is 5.32 Å². The second-order valence-corrected chi connectivity index (χ2v) is 6.49. The molecule has 0 aliphatic rings. The molecule has 25 heavy (non-hydrogen) atoms. The van der Waals surface area contributed by atoms with E-state index < -0.39 is 5.60 Å². The first kappa shape index (κ1) is 17.3. The molecule has 0 bridgehead atoms. The number of halogens is 1. The predicted octanol–water partition coefficient (Wildman–Crippen LogP) is 1.88. The standard InChI is InChI=1S/C18H22FN5O/c1-18(25,15-9-22-24(3)11-15)12-20-17(14-8-21-23(2)10-14)13-5-4-6-16(19)7-13/h4-11,17,20,25H,12H2,1-3H3. The lowest BCUT2D eigenvalue weighted by Gasteiger charge is -2.26. The number of benzene rings is 1. The summed E-state index contributed by atoms with van der Waals surface area (Å²) in [6, 6.07) is 6.15. The van der Waals surface area contributed by atoms with Crippen molar-refractivity contribution in [3.05, 3.63) is 71.6 Å². The topological polar surface area (TPSA) is 67.9 Å². The third-order valence-electron chi connectivity index (χ3n) is 4.22. The summed E-state index contributed by atoms with van der Waals surface area (Å²) in [4.78, 5) is 0. The number of nitrogens with one attached hydrogen (secondary N) is 1. The van der Waals surface area contributed by atoms with Crippen molar-refractivity contribution in [2.24, 2.45) is 14.1 Å². The molecule has 2 N–H and O–H groups in total. The molecule has 0 aliphatic carbocycles. The molecule has 0 fully saturated rings. The highest BCUT2D eigenvalue weighted by atomic mass is 19.1. The molecule has 0 saturated carbocycles. The molecule has 0 saturated heterocycles. The molecule has 2 unspecified atom stereocenters. The van der Waals surface area contributed by atoms with Crippen molar-refractivity contribution in [2.45, 2.75) is 18.6 Å². The van der Waals surface area contributed by atoms with Gasteiger partial charge in [0.1, 0.15) is 11.4 Å². The minimum absolute atomic E-state index is 0.273. The summed E-state index contributed by atoms with van der Waals surface area (Å²) in [5, 5.41) is 22.4. The summed E-state index contributed by atoms with van der Waals surface area (Å²) in [5.74, 6) is -0.299. The second-order valence-electron chi connectivity index (χ2n) is 6.49. The Kier molecular flexibility index (Phi) is 4.69. The van der Waals surface area contributed by atoms with Crippen LogP contribution in [0.15, 0.2) is 49.1 Å². The fourth-order valence-electron chi connectivity index (χ4n) is 2.81. The average Bonchev–Trinajstić information content (AvgIpc) is 3.17. The number of aryl methyl sites for hydroxylation is 2. The Bertz CT molecular complexity index is 855. The number of aromatic nitrogens is 4. The van der Waals surface area contributed by atoms with Crippen LogP contribution in [0, 0.1) is 5.82 Å². The fourth-order valence-corrected chi connectivity index (χ4v) is 2.81. The van der Waals surface area contributed by atoms with E-state index in [2.05, 4.69) is 15.5 Å². The Labute approximate surface area is 145 Å². The van der Waals surface area contributed by atoms with E-state index in [1.807, 2.05) is 19.3 Å². The summed E-state index contributed by atoms with van der Waals surface area (Å²) >= 11 is 0. The van der Waals surface area contributed by atoms with Crippen molar-refractivity contribution in [3.8, 4) is 0 Å². The lowest BCUT2D eigenvalue weighted by Crippen LogP contribution is -2.37. The van der Waals surface area contributed by atoms with Gasteiger partial charge in [-0.15, -0.1) is 0 Å². The van der Waals surface area contributed by atoms with Gasteiger partial charge >= 0.3 is 0 Å². The van der Waals surface area contributed by atoms with Crippen LogP contribution in [0.3, 0.4) is 0 Å². The van der Waals surface area contributed by atoms with Crippen LogP contribution in [-0.2, 0) is 19.7 Å². The van der Waals surface area contributed by atoms with Gasteiger partial charge < -0.3 is 10.4 Å². The lowest BCUT2D eigenvalue weighted by atomic mass is 9.96. The molecule has 0 aliphatic heterocycles. The number of aliphatic hydroxyl groups is 1. The van der Waals surface area contributed by atoms with Crippen LogP contribution >= 0.6 is 0 Å². The molecule has 132 valence electrons. The van der Waals surface area contributed by atoms with E-state index >= 15 is 0 Å². The van der Waals surface area contributed by atoms with Gasteiger partial charge in [0.25, 0.3) is 0 Å². The first-order valence-electron chi connectivity index (χ1n) is 8.04. The highest BCUT2D eigenvalue weighted by Gasteiger charge is 2.27. The highest BCUT2D eigenvalue weighted by molar-refractivity contribution is 5.30. The Morgan fingerprint density at radius 1 is 1.16 bits per heavy atom. The molecule has 7 heteroatoms. The smallest absolute Gasteiger partial charge is 0.123 e. The van der Waals surface area contributed by atoms with Crippen LogP contribution in [0.25, 0.3) is 0 Å². The minimum atomic E-state index is -1.11. The van der Waals surface area contributed by atoms with E-state index in [1.165, 1.54) is 12.1 Å². The van der Waals surface area contributed by atoms with Crippen molar-refractivity contribution in [1.82, 2.24) is 24.9 Å². The highest BCUT2D eigenvalue weighted by Crippen LogP contribution is 2.25. The number of hydrogen-bond donors (Lipinski definition) is 2. The van der Waals surface area contributed by atoms with Gasteiger partial charge in [-0.2, -0.15) is 10.2 Å². The van der Waals surface area contributed by atoms with Crippen molar-refractivity contribution < 1.29 is 9.50 Å². The Balaban J connectivity index is 1.85. The van der Waals surface area contributed by atoms with E-state index in [4.69, 9.17) is 0 Å². The van der Waals surface area contributed by atoms with Crippen molar-refractivity contribution in [1.29, 1.82) is 0 Å². The Morgan fingerprint density at radius 3 is 2.48 bits per heavy atom. The summed E-state index contributed by atoms with van der Waals surface area (Å²) < 4.78 is 17.0. The maximum Gasteiger partial charge on any atom is 0.123 e. The summed E-state index contributed by atoms with van der Waals surface area (Å²) in [5.41, 5.74) is 1.28. The van der Waals surface area contributed by atoms with Crippen molar-refractivity contribution in [2.75, 3.05) is 6.54 Å². The first-order chi connectivity index (χ1) is 11.8. The van der Waals surface area contributed by atoms with E-state index in [1.54, 1.807) is 48.0 Å². The molecule has 1 aromatic carbocycles. The van der Waals surface area contributed by atoms with Gasteiger partial charge in [-0.3, -0.25) is 9.36 Å². The zero-order chi connectivity index (χ0) is 18.0. The molecule has 0 spiro atoms. The largest absolute Gasteiger partial charge is 0.384 e. The molecule has 3 rings (SSSR count). The number of rotatable bonds is 6. The van der Waals surface area contributed by atoms with Gasteiger partial charge in [-0.1, -0.05) is 12.1 Å². The van der Waals surface area contributed by atoms with Crippen LogP contribution in [0.1, 0.15) is 29.7 Å². The summed E-state index contributed by atoms with van der Waals surface area (Å²) in [6.07, 6.45) is 7.04. The molecule has 2 aromatic heterocycles. The normalized spacial score (nSPS) is 15.1. The van der Waals surface area contributed by atoms with Crippen molar-refractivity contribution >= 4 is 0 Å². The molecule has 6 nitrogen and oxygen atoms in total. The van der Waals surface area contributed by atoms with Crippen LogP contribution in [0.2, 0.25) is 0 Å². The molecular formula is C18H22FN5O. The summed E-state index contributed by atoms with van der Waals surface area (Å²) in [6.45, 7) is 2.00. The quantitative estimate of drug-likeness (QED) is 0.717. The Hall–Kier alpha value is -2.51. The molecule has 2 heterocycles. The van der Waals surface area contributed by atoms with Gasteiger partial charge in [-0.05, 0) is 24.6 Å². The van der Waals surface area contributed by atoms with Gasteiger partial charge in [-0.25, -0.2) is 4.39 Å².